The van der Waals surface area contributed by atoms with E-state index in [9.17, 15) is 9.59 Å². The molecule has 0 radical (unpaired) electrons. The van der Waals surface area contributed by atoms with Gasteiger partial charge in [0.2, 0.25) is 0 Å². The number of carboxylic acid groups (broad SMARTS) is 1. The van der Waals surface area contributed by atoms with E-state index in [4.69, 9.17) is 22.0 Å². The number of rotatable bonds is 7. The summed E-state index contributed by atoms with van der Waals surface area (Å²) in [6.45, 7) is 2.16. The summed E-state index contributed by atoms with van der Waals surface area (Å²) in [6.07, 6.45) is 0.927. The summed E-state index contributed by atoms with van der Waals surface area (Å²) in [4.78, 5) is 28.5. The summed E-state index contributed by atoms with van der Waals surface area (Å²) < 4.78 is 1.47. The van der Waals surface area contributed by atoms with Crippen LogP contribution in [0.2, 0.25) is 5.02 Å². The van der Waals surface area contributed by atoms with Crippen molar-refractivity contribution in [1.82, 2.24) is 14.9 Å². The van der Waals surface area contributed by atoms with Crippen molar-refractivity contribution in [2.75, 3.05) is 0 Å². The van der Waals surface area contributed by atoms with Crippen LogP contribution in [0.1, 0.15) is 44.5 Å². The number of benzene rings is 1. The molecule has 1 atom stereocenters. The van der Waals surface area contributed by atoms with Crippen LogP contribution in [-0.4, -0.2) is 20.8 Å². The molecule has 0 saturated carbocycles. The number of nitriles is 1. The Hall–Kier alpha value is -2.59. The standard InChI is InChI=1S/C17H19ClN4O3/c1-2-12(21-17(24)25)15-20-13-8-6-7-11(18)14(13)16(23)22(15)10-5-3-4-9-19/h6-8,12,21H,2-5,10H2,1H3,(H,24,25). The Labute approximate surface area is 149 Å². The molecule has 2 aromatic rings. The van der Waals surface area contributed by atoms with Crippen LogP contribution >= 0.6 is 11.6 Å². The molecule has 1 amide bonds. The van der Waals surface area contributed by atoms with Crippen molar-refractivity contribution in [3.05, 3.63) is 39.4 Å². The number of carbonyl (C=O) groups is 1. The Morgan fingerprint density at radius 2 is 2.24 bits per heavy atom. The summed E-state index contributed by atoms with van der Waals surface area (Å²) in [5.41, 5.74) is 0.139. The summed E-state index contributed by atoms with van der Waals surface area (Å²) in [6, 6.07) is 6.46. The topological polar surface area (TPSA) is 108 Å². The molecule has 7 nitrogen and oxygen atoms in total. The van der Waals surface area contributed by atoms with Gasteiger partial charge in [0.15, 0.2) is 0 Å². The molecule has 0 fully saturated rings. The Bertz CT molecular complexity index is 873. The minimum absolute atomic E-state index is 0.298. The van der Waals surface area contributed by atoms with E-state index in [-0.39, 0.29) is 5.56 Å². The SMILES string of the molecule is CCC(NC(=O)O)c1nc2cccc(Cl)c2c(=O)n1CCCCC#N. The number of hydrogen-bond donors (Lipinski definition) is 2. The fourth-order valence-electron chi connectivity index (χ4n) is 2.69. The summed E-state index contributed by atoms with van der Waals surface area (Å²) in [7, 11) is 0. The van der Waals surface area contributed by atoms with Gasteiger partial charge in [0.25, 0.3) is 5.56 Å². The lowest BCUT2D eigenvalue weighted by Crippen LogP contribution is -2.34. The largest absolute Gasteiger partial charge is 0.465 e. The van der Waals surface area contributed by atoms with Gasteiger partial charge in [0.1, 0.15) is 5.82 Å². The molecular weight excluding hydrogens is 344 g/mol. The van der Waals surface area contributed by atoms with Gasteiger partial charge in [-0.2, -0.15) is 5.26 Å². The second-order valence-corrected chi connectivity index (χ2v) is 5.99. The van der Waals surface area contributed by atoms with Gasteiger partial charge in [-0.25, -0.2) is 9.78 Å². The summed E-state index contributed by atoms with van der Waals surface area (Å²) >= 11 is 6.16. The van der Waals surface area contributed by atoms with E-state index in [2.05, 4.69) is 16.4 Å². The normalized spacial score (nSPS) is 11.9. The smallest absolute Gasteiger partial charge is 0.405 e. The van der Waals surface area contributed by atoms with Crippen LogP contribution in [0.15, 0.2) is 23.0 Å². The number of hydrogen-bond acceptors (Lipinski definition) is 4. The van der Waals surface area contributed by atoms with Crippen molar-refractivity contribution < 1.29 is 9.90 Å². The van der Waals surface area contributed by atoms with Crippen LogP contribution < -0.4 is 10.9 Å². The van der Waals surface area contributed by atoms with E-state index in [1.807, 2.05) is 6.92 Å². The van der Waals surface area contributed by atoms with Crippen LogP contribution in [-0.2, 0) is 6.54 Å². The zero-order chi connectivity index (χ0) is 18.4. The average molecular weight is 363 g/mol. The molecule has 25 heavy (non-hydrogen) atoms. The highest BCUT2D eigenvalue weighted by atomic mass is 35.5. The minimum Gasteiger partial charge on any atom is -0.465 e. The van der Waals surface area contributed by atoms with Crippen molar-refractivity contribution in [1.29, 1.82) is 5.26 Å². The molecule has 0 spiro atoms. The number of fused-ring (bicyclic) bond motifs is 1. The highest BCUT2D eigenvalue weighted by molar-refractivity contribution is 6.35. The van der Waals surface area contributed by atoms with E-state index in [0.717, 1.165) is 0 Å². The molecule has 1 heterocycles. The Morgan fingerprint density at radius 3 is 2.88 bits per heavy atom. The predicted octanol–water partition coefficient (Wildman–Crippen LogP) is 3.46. The first-order valence-electron chi connectivity index (χ1n) is 8.05. The van der Waals surface area contributed by atoms with Crippen LogP contribution in [0.4, 0.5) is 4.79 Å². The number of halogens is 1. The van der Waals surface area contributed by atoms with Gasteiger partial charge in [-0.3, -0.25) is 9.36 Å². The minimum atomic E-state index is -1.18. The molecule has 2 rings (SSSR count). The van der Waals surface area contributed by atoms with Gasteiger partial charge >= 0.3 is 6.09 Å². The van der Waals surface area contributed by atoms with Crippen molar-refractivity contribution in [2.45, 2.75) is 45.2 Å². The number of amides is 1. The van der Waals surface area contributed by atoms with Gasteiger partial charge in [0.05, 0.1) is 28.0 Å². The van der Waals surface area contributed by atoms with Crippen molar-refractivity contribution in [3.8, 4) is 6.07 Å². The molecule has 132 valence electrons. The second-order valence-electron chi connectivity index (χ2n) is 5.59. The van der Waals surface area contributed by atoms with Crippen LogP contribution in [0.5, 0.6) is 0 Å². The first-order chi connectivity index (χ1) is 12.0. The molecule has 0 aliphatic carbocycles. The Kier molecular flexibility index (Phi) is 6.37. The van der Waals surface area contributed by atoms with E-state index in [0.29, 0.717) is 54.0 Å². The van der Waals surface area contributed by atoms with E-state index < -0.39 is 12.1 Å². The molecule has 2 N–H and O–H groups in total. The molecule has 1 aromatic heterocycles. The number of nitrogens with zero attached hydrogens (tertiary/aromatic N) is 3. The molecule has 0 bridgehead atoms. The monoisotopic (exact) mass is 362 g/mol. The van der Waals surface area contributed by atoms with E-state index in [1.165, 1.54) is 4.57 Å². The van der Waals surface area contributed by atoms with Gasteiger partial charge < -0.3 is 10.4 Å². The molecular formula is C17H19ClN4O3. The van der Waals surface area contributed by atoms with Gasteiger partial charge in [-0.1, -0.05) is 24.6 Å². The Morgan fingerprint density at radius 1 is 1.48 bits per heavy atom. The third kappa shape index (κ3) is 4.28. The Balaban J connectivity index is 2.58. The highest BCUT2D eigenvalue weighted by Gasteiger charge is 2.21. The fraction of sp³-hybridized carbons (Fsp3) is 0.412. The average Bonchev–Trinajstić information content (AvgIpc) is 2.57. The maximum atomic E-state index is 12.9. The quantitative estimate of drug-likeness (QED) is 0.733. The van der Waals surface area contributed by atoms with E-state index in [1.54, 1.807) is 18.2 Å². The first kappa shape index (κ1) is 18.7. The lowest BCUT2D eigenvalue weighted by molar-refractivity contribution is 0.188. The van der Waals surface area contributed by atoms with Gasteiger partial charge in [-0.05, 0) is 31.4 Å². The maximum absolute atomic E-state index is 12.9. The fourth-order valence-corrected chi connectivity index (χ4v) is 2.95. The molecule has 0 saturated heterocycles. The lowest BCUT2D eigenvalue weighted by atomic mass is 10.1. The zero-order valence-corrected chi connectivity index (χ0v) is 14.6. The van der Waals surface area contributed by atoms with Crippen LogP contribution in [0, 0.1) is 11.3 Å². The van der Waals surface area contributed by atoms with Gasteiger partial charge in [0, 0.05) is 13.0 Å². The van der Waals surface area contributed by atoms with Crippen molar-refractivity contribution in [2.24, 2.45) is 0 Å². The van der Waals surface area contributed by atoms with Crippen molar-refractivity contribution in [3.63, 3.8) is 0 Å². The zero-order valence-electron chi connectivity index (χ0n) is 13.8. The van der Waals surface area contributed by atoms with Gasteiger partial charge in [-0.15, -0.1) is 0 Å². The molecule has 1 unspecified atom stereocenters. The van der Waals surface area contributed by atoms with Crippen LogP contribution in [0.25, 0.3) is 10.9 Å². The summed E-state index contributed by atoms with van der Waals surface area (Å²) in [5, 5.41) is 20.7. The third-order valence-corrected chi connectivity index (χ3v) is 4.22. The second kappa shape index (κ2) is 8.49. The highest BCUT2D eigenvalue weighted by Crippen LogP contribution is 2.22. The maximum Gasteiger partial charge on any atom is 0.405 e. The molecule has 0 aliphatic rings. The van der Waals surface area contributed by atoms with Crippen LogP contribution in [0.3, 0.4) is 0 Å². The number of nitrogens with one attached hydrogen (secondary N) is 1. The predicted molar refractivity (Wildman–Crippen MR) is 94.7 cm³/mol. The number of unbranched alkanes of at least 4 members (excludes halogenated alkanes) is 2. The van der Waals surface area contributed by atoms with Crippen molar-refractivity contribution >= 4 is 28.6 Å². The molecule has 0 aliphatic heterocycles. The lowest BCUT2D eigenvalue weighted by Gasteiger charge is -2.20. The molecule has 8 heteroatoms. The van der Waals surface area contributed by atoms with E-state index >= 15 is 0 Å². The number of aromatic nitrogens is 2. The molecule has 1 aromatic carbocycles. The third-order valence-electron chi connectivity index (χ3n) is 3.90. The summed E-state index contributed by atoms with van der Waals surface area (Å²) in [5.74, 6) is 0.363. The first-order valence-corrected chi connectivity index (χ1v) is 8.42.